The number of fused-ring (bicyclic) bond motifs is 1. The first-order valence-corrected chi connectivity index (χ1v) is 10.7. The van der Waals surface area contributed by atoms with E-state index in [-0.39, 0.29) is 30.2 Å². The molecule has 0 radical (unpaired) electrons. The molecule has 2 aromatic rings. The number of benzene rings is 2. The Morgan fingerprint density at radius 2 is 1.70 bits per heavy atom. The molecule has 30 heavy (non-hydrogen) atoms. The van der Waals surface area contributed by atoms with E-state index in [1.165, 1.54) is 16.7 Å². The summed E-state index contributed by atoms with van der Waals surface area (Å²) in [6, 6.07) is 17.3. The van der Waals surface area contributed by atoms with Crippen LogP contribution in [0.3, 0.4) is 0 Å². The highest BCUT2D eigenvalue weighted by atomic mass is 32.2. The van der Waals surface area contributed by atoms with Gasteiger partial charge in [0.1, 0.15) is 18.0 Å². The highest BCUT2D eigenvalue weighted by Gasteiger charge is 2.56. The molecule has 6 nitrogen and oxygen atoms in total. The molecule has 0 spiro atoms. The molecular weight excluding hydrogens is 400 g/mol. The normalized spacial score (nSPS) is 22.7. The number of β-lactam (4-membered cyclic amide) rings is 1. The van der Waals surface area contributed by atoms with Gasteiger partial charge >= 0.3 is 5.97 Å². The van der Waals surface area contributed by atoms with Crippen molar-refractivity contribution in [2.45, 2.75) is 30.5 Å². The van der Waals surface area contributed by atoms with E-state index in [9.17, 15) is 14.4 Å². The van der Waals surface area contributed by atoms with Crippen LogP contribution in [0.5, 0.6) is 0 Å². The third-order valence-corrected chi connectivity index (χ3v) is 6.53. The molecule has 2 aliphatic heterocycles. The molecule has 154 valence electrons. The zero-order chi connectivity index (χ0) is 21.1. The van der Waals surface area contributed by atoms with Gasteiger partial charge in [-0.25, -0.2) is 4.79 Å². The molecule has 4 rings (SSSR count). The lowest BCUT2D eigenvalue weighted by Crippen LogP contribution is -2.74. The summed E-state index contributed by atoms with van der Waals surface area (Å²) in [4.78, 5) is 39.3. The maximum atomic E-state index is 12.8. The largest absolute Gasteiger partial charge is 0.459 e. The Kier molecular flexibility index (Phi) is 5.90. The molecule has 0 aromatic heterocycles. The van der Waals surface area contributed by atoms with E-state index in [0.717, 1.165) is 11.1 Å². The molecular formula is C23H22N2O4S. The number of hydrogen-bond acceptors (Lipinski definition) is 5. The monoisotopic (exact) mass is 422 g/mol. The van der Waals surface area contributed by atoms with Gasteiger partial charge in [0.05, 0.1) is 6.42 Å². The molecule has 0 aliphatic carbocycles. The van der Waals surface area contributed by atoms with Crippen molar-refractivity contribution in [1.29, 1.82) is 0 Å². The molecule has 2 aliphatic rings. The number of carbonyl (C=O) groups is 3. The number of nitrogens with zero attached hydrogens (tertiary/aromatic N) is 1. The summed E-state index contributed by atoms with van der Waals surface area (Å²) in [5, 5.41) is 2.52. The first-order valence-electron chi connectivity index (χ1n) is 9.70. The smallest absolute Gasteiger partial charge is 0.333 e. The van der Waals surface area contributed by atoms with Crippen molar-refractivity contribution in [2.24, 2.45) is 0 Å². The van der Waals surface area contributed by atoms with Crippen molar-refractivity contribution >= 4 is 29.5 Å². The second kappa shape index (κ2) is 8.75. The van der Waals surface area contributed by atoms with Crippen LogP contribution < -0.4 is 5.32 Å². The standard InChI is InChI=1S/C23H22N2O4S/c1-15-14-30-22-19(24-18(26)12-16-8-4-2-5-9-16)21(27)25(22)20(15)23(28)29-13-17-10-6-3-7-11-17/h2-11,19-20,22H,1,12-14H2,(H,24,26)/t19-,20?,22-/m1/s1. The summed E-state index contributed by atoms with van der Waals surface area (Å²) >= 11 is 1.50. The summed E-state index contributed by atoms with van der Waals surface area (Å²) in [5.41, 5.74) is 2.39. The minimum absolute atomic E-state index is 0.139. The van der Waals surface area contributed by atoms with Crippen LogP contribution in [0.15, 0.2) is 72.8 Å². The molecule has 0 saturated carbocycles. The third kappa shape index (κ3) is 4.11. The first kappa shape index (κ1) is 20.2. The van der Waals surface area contributed by atoms with Crippen molar-refractivity contribution in [3.8, 4) is 0 Å². The molecule has 1 unspecified atom stereocenters. The van der Waals surface area contributed by atoms with Crippen LogP contribution in [-0.4, -0.2) is 45.9 Å². The van der Waals surface area contributed by atoms with Gasteiger partial charge in [-0.15, -0.1) is 11.8 Å². The van der Waals surface area contributed by atoms with E-state index in [0.29, 0.717) is 11.3 Å². The SMILES string of the molecule is C=C1CS[C@@H]2[C@H](NC(=O)Cc3ccccc3)C(=O)N2C1C(=O)OCc1ccccc1. The Morgan fingerprint density at radius 1 is 1.07 bits per heavy atom. The predicted molar refractivity (Wildman–Crippen MR) is 114 cm³/mol. The van der Waals surface area contributed by atoms with Crippen LogP contribution in [0.25, 0.3) is 0 Å². The van der Waals surface area contributed by atoms with Gasteiger partial charge in [0, 0.05) is 5.75 Å². The van der Waals surface area contributed by atoms with E-state index < -0.39 is 18.1 Å². The predicted octanol–water partition coefficient (Wildman–Crippen LogP) is 2.30. The maximum Gasteiger partial charge on any atom is 0.333 e. The highest BCUT2D eigenvalue weighted by molar-refractivity contribution is 8.00. The Morgan fingerprint density at radius 3 is 2.37 bits per heavy atom. The number of amides is 2. The average molecular weight is 423 g/mol. The first-order chi connectivity index (χ1) is 14.5. The third-order valence-electron chi connectivity index (χ3n) is 5.16. The zero-order valence-electron chi connectivity index (χ0n) is 16.3. The second-order valence-corrected chi connectivity index (χ2v) is 8.41. The molecule has 3 atom stereocenters. The molecule has 0 bridgehead atoms. The van der Waals surface area contributed by atoms with Gasteiger partial charge in [0.2, 0.25) is 11.8 Å². The highest BCUT2D eigenvalue weighted by Crippen LogP contribution is 2.40. The van der Waals surface area contributed by atoms with Gasteiger partial charge in [-0.05, 0) is 16.7 Å². The number of thioether (sulfide) groups is 1. The fourth-order valence-corrected chi connectivity index (χ4v) is 4.94. The number of hydrogen-bond donors (Lipinski definition) is 1. The minimum Gasteiger partial charge on any atom is -0.459 e. The van der Waals surface area contributed by atoms with E-state index in [1.807, 2.05) is 60.7 Å². The summed E-state index contributed by atoms with van der Waals surface area (Å²) in [6.45, 7) is 4.10. The lowest BCUT2D eigenvalue weighted by molar-refractivity contribution is -0.164. The molecule has 2 amide bonds. The number of ether oxygens (including phenoxy) is 1. The fraction of sp³-hybridized carbons (Fsp3) is 0.261. The zero-order valence-corrected chi connectivity index (χ0v) is 17.1. The van der Waals surface area contributed by atoms with Gasteiger partial charge in [-0.2, -0.15) is 0 Å². The van der Waals surface area contributed by atoms with Crippen LogP contribution in [-0.2, 0) is 32.1 Å². The van der Waals surface area contributed by atoms with Crippen molar-refractivity contribution in [3.05, 3.63) is 83.9 Å². The molecule has 1 N–H and O–H groups in total. The number of esters is 1. The fourth-order valence-electron chi connectivity index (χ4n) is 3.63. The van der Waals surface area contributed by atoms with Crippen molar-refractivity contribution in [3.63, 3.8) is 0 Å². The van der Waals surface area contributed by atoms with Crippen LogP contribution >= 0.6 is 11.8 Å². The molecule has 2 aromatic carbocycles. The Hall–Kier alpha value is -3.06. The lowest BCUT2D eigenvalue weighted by atomic mass is 9.98. The van der Waals surface area contributed by atoms with Crippen molar-refractivity contribution in [1.82, 2.24) is 10.2 Å². The molecule has 2 heterocycles. The van der Waals surface area contributed by atoms with Gasteiger partial charge < -0.3 is 15.0 Å². The van der Waals surface area contributed by atoms with Gasteiger partial charge in [-0.3, -0.25) is 9.59 Å². The maximum absolute atomic E-state index is 12.8. The summed E-state index contributed by atoms with van der Waals surface area (Å²) in [6.07, 6.45) is 0.206. The van der Waals surface area contributed by atoms with Crippen LogP contribution in [0, 0.1) is 0 Å². The van der Waals surface area contributed by atoms with Crippen LogP contribution in [0.2, 0.25) is 0 Å². The lowest BCUT2D eigenvalue weighted by Gasteiger charge is -2.52. The summed E-state index contributed by atoms with van der Waals surface area (Å²) in [5.74, 6) is -0.453. The molecule has 2 saturated heterocycles. The summed E-state index contributed by atoms with van der Waals surface area (Å²) in [7, 11) is 0. The van der Waals surface area contributed by atoms with Crippen LogP contribution in [0.1, 0.15) is 11.1 Å². The van der Waals surface area contributed by atoms with Gasteiger partial charge in [0.25, 0.3) is 0 Å². The second-order valence-electron chi connectivity index (χ2n) is 7.31. The van der Waals surface area contributed by atoms with Gasteiger partial charge in [0.15, 0.2) is 6.04 Å². The topological polar surface area (TPSA) is 75.7 Å². The molecule has 7 heteroatoms. The van der Waals surface area contributed by atoms with Crippen LogP contribution in [0.4, 0.5) is 0 Å². The van der Waals surface area contributed by atoms with Gasteiger partial charge in [-0.1, -0.05) is 67.2 Å². The number of rotatable bonds is 6. The summed E-state index contributed by atoms with van der Waals surface area (Å²) < 4.78 is 5.44. The number of nitrogens with one attached hydrogen (secondary N) is 1. The Bertz CT molecular complexity index is 964. The van der Waals surface area contributed by atoms with Crippen molar-refractivity contribution in [2.75, 3.05) is 5.75 Å². The van der Waals surface area contributed by atoms with E-state index >= 15 is 0 Å². The average Bonchev–Trinajstić information content (AvgIpc) is 2.77. The van der Waals surface area contributed by atoms with E-state index in [2.05, 4.69) is 11.9 Å². The van der Waals surface area contributed by atoms with E-state index in [4.69, 9.17) is 4.74 Å². The quantitative estimate of drug-likeness (QED) is 0.439. The van der Waals surface area contributed by atoms with Crippen molar-refractivity contribution < 1.29 is 19.1 Å². The Balaban J connectivity index is 1.37. The van der Waals surface area contributed by atoms with E-state index in [1.54, 1.807) is 0 Å². The number of carbonyl (C=O) groups excluding carboxylic acids is 3. The minimum atomic E-state index is -0.810. The Labute approximate surface area is 179 Å². The molecule has 2 fully saturated rings.